The molecular weight excluding hydrogens is 180 g/mol. The summed E-state index contributed by atoms with van der Waals surface area (Å²) in [5, 5.41) is 19.8. The van der Waals surface area contributed by atoms with E-state index in [2.05, 4.69) is 5.32 Å². The number of nitrogens with zero attached hydrogens (tertiary/aromatic N) is 1. The molecule has 1 amide bonds. The Morgan fingerprint density at radius 3 is 3.00 bits per heavy atom. The Morgan fingerprint density at radius 1 is 1.57 bits per heavy atom. The second-order valence-electron chi connectivity index (χ2n) is 2.78. The topological polar surface area (TPSA) is 73.1 Å². The van der Waals surface area contributed by atoms with Crippen LogP contribution in [-0.2, 0) is 11.2 Å². The SMILES string of the molecule is N#CCNC(=O)Cc1cccc(O)c1. The summed E-state index contributed by atoms with van der Waals surface area (Å²) in [6.07, 6.45) is 0.177. The van der Waals surface area contributed by atoms with Crippen LogP contribution < -0.4 is 5.32 Å². The van der Waals surface area contributed by atoms with Crippen LogP contribution in [0.25, 0.3) is 0 Å². The number of nitrogens with one attached hydrogen (secondary N) is 1. The van der Waals surface area contributed by atoms with E-state index in [4.69, 9.17) is 10.4 Å². The summed E-state index contributed by atoms with van der Waals surface area (Å²) < 4.78 is 0. The summed E-state index contributed by atoms with van der Waals surface area (Å²) in [6.45, 7) is 0.0116. The van der Waals surface area contributed by atoms with Gasteiger partial charge in [-0.05, 0) is 17.7 Å². The lowest BCUT2D eigenvalue weighted by atomic mass is 10.1. The quantitative estimate of drug-likeness (QED) is 0.684. The van der Waals surface area contributed by atoms with E-state index in [9.17, 15) is 4.79 Å². The minimum Gasteiger partial charge on any atom is -0.508 e. The molecule has 0 aromatic heterocycles. The predicted molar refractivity (Wildman–Crippen MR) is 50.4 cm³/mol. The maximum absolute atomic E-state index is 11.1. The number of phenolic OH excluding ortho intramolecular Hbond substituents is 1. The van der Waals surface area contributed by atoms with Crippen molar-refractivity contribution in [2.24, 2.45) is 0 Å². The van der Waals surface area contributed by atoms with Gasteiger partial charge in [-0.25, -0.2) is 0 Å². The standard InChI is InChI=1S/C10H10N2O2/c11-4-5-12-10(14)7-8-2-1-3-9(13)6-8/h1-3,6,13H,5,7H2,(H,12,14). The van der Waals surface area contributed by atoms with Gasteiger partial charge < -0.3 is 10.4 Å². The van der Waals surface area contributed by atoms with Gasteiger partial charge in [0.05, 0.1) is 12.5 Å². The molecule has 1 rings (SSSR count). The van der Waals surface area contributed by atoms with E-state index in [1.165, 1.54) is 12.1 Å². The molecule has 0 radical (unpaired) electrons. The van der Waals surface area contributed by atoms with Crippen LogP contribution >= 0.6 is 0 Å². The van der Waals surface area contributed by atoms with Gasteiger partial charge in [-0.2, -0.15) is 5.26 Å². The van der Waals surface area contributed by atoms with Gasteiger partial charge in [0.15, 0.2) is 0 Å². The lowest BCUT2D eigenvalue weighted by Gasteiger charge is -2.01. The molecule has 0 saturated carbocycles. The number of hydrogen-bond acceptors (Lipinski definition) is 3. The van der Waals surface area contributed by atoms with Gasteiger partial charge in [-0.3, -0.25) is 4.79 Å². The monoisotopic (exact) mass is 190 g/mol. The highest BCUT2D eigenvalue weighted by Gasteiger charge is 2.02. The lowest BCUT2D eigenvalue weighted by molar-refractivity contribution is -0.120. The van der Waals surface area contributed by atoms with Crippen LogP contribution in [0.15, 0.2) is 24.3 Å². The fraction of sp³-hybridized carbons (Fsp3) is 0.200. The summed E-state index contributed by atoms with van der Waals surface area (Å²) >= 11 is 0. The first-order chi connectivity index (χ1) is 6.72. The number of hydrogen-bond donors (Lipinski definition) is 2. The summed E-state index contributed by atoms with van der Waals surface area (Å²) in [6, 6.07) is 8.28. The average molecular weight is 190 g/mol. The molecule has 0 bridgehead atoms. The molecule has 0 spiro atoms. The van der Waals surface area contributed by atoms with Gasteiger partial charge in [-0.15, -0.1) is 0 Å². The molecule has 14 heavy (non-hydrogen) atoms. The number of nitriles is 1. The van der Waals surface area contributed by atoms with Crippen molar-refractivity contribution < 1.29 is 9.90 Å². The van der Waals surface area contributed by atoms with E-state index >= 15 is 0 Å². The number of phenols is 1. The Balaban J connectivity index is 2.53. The maximum atomic E-state index is 11.1. The Bertz CT molecular complexity index is 369. The third-order valence-electron chi connectivity index (χ3n) is 1.64. The van der Waals surface area contributed by atoms with E-state index in [1.807, 2.05) is 6.07 Å². The zero-order chi connectivity index (χ0) is 10.4. The summed E-state index contributed by atoms with van der Waals surface area (Å²) in [4.78, 5) is 11.1. The molecule has 1 aromatic rings. The number of aromatic hydroxyl groups is 1. The minimum atomic E-state index is -0.225. The van der Waals surface area contributed by atoms with Gasteiger partial charge in [0.2, 0.25) is 5.91 Å². The fourth-order valence-electron chi connectivity index (χ4n) is 1.05. The third kappa shape index (κ3) is 3.15. The first-order valence-corrected chi connectivity index (χ1v) is 4.14. The fourth-order valence-corrected chi connectivity index (χ4v) is 1.05. The number of carbonyl (C=O) groups is 1. The molecule has 4 nitrogen and oxygen atoms in total. The van der Waals surface area contributed by atoms with Gasteiger partial charge >= 0.3 is 0 Å². The van der Waals surface area contributed by atoms with E-state index in [0.29, 0.717) is 0 Å². The van der Waals surface area contributed by atoms with Gasteiger partial charge in [0.25, 0.3) is 0 Å². The highest BCUT2D eigenvalue weighted by atomic mass is 16.3. The number of benzene rings is 1. The number of amides is 1. The molecule has 0 saturated heterocycles. The second-order valence-corrected chi connectivity index (χ2v) is 2.78. The van der Waals surface area contributed by atoms with E-state index in [1.54, 1.807) is 12.1 Å². The van der Waals surface area contributed by atoms with Crippen molar-refractivity contribution in [2.45, 2.75) is 6.42 Å². The Kier molecular flexibility index (Phi) is 3.50. The maximum Gasteiger partial charge on any atom is 0.225 e. The predicted octanol–water partition coefficient (Wildman–Crippen LogP) is 0.574. The first kappa shape index (κ1) is 10.1. The van der Waals surface area contributed by atoms with Crippen molar-refractivity contribution in [1.82, 2.24) is 5.32 Å². The normalized spacial score (nSPS) is 9.07. The largest absolute Gasteiger partial charge is 0.508 e. The Hall–Kier alpha value is -2.02. The van der Waals surface area contributed by atoms with Crippen molar-refractivity contribution in [3.8, 4) is 11.8 Å². The smallest absolute Gasteiger partial charge is 0.225 e. The van der Waals surface area contributed by atoms with Crippen LogP contribution in [0.5, 0.6) is 5.75 Å². The molecule has 0 aliphatic heterocycles. The number of carbonyl (C=O) groups excluding carboxylic acids is 1. The first-order valence-electron chi connectivity index (χ1n) is 4.14. The zero-order valence-electron chi connectivity index (χ0n) is 7.53. The van der Waals surface area contributed by atoms with Crippen LogP contribution in [0.1, 0.15) is 5.56 Å². The summed E-state index contributed by atoms with van der Waals surface area (Å²) in [5.74, 6) is -0.0901. The average Bonchev–Trinajstić information content (AvgIpc) is 2.15. The molecular formula is C10H10N2O2. The molecule has 72 valence electrons. The van der Waals surface area contributed by atoms with E-state index in [-0.39, 0.29) is 24.6 Å². The Labute approximate surface area is 81.8 Å². The van der Waals surface area contributed by atoms with Crippen LogP contribution in [0, 0.1) is 11.3 Å². The van der Waals surface area contributed by atoms with Crippen molar-refractivity contribution in [2.75, 3.05) is 6.54 Å². The molecule has 0 unspecified atom stereocenters. The van der Waals surface area contributed by atoms with Gasteiger partial charge in [0, 0.05) is 0 Å². The molecule has 4 heteroatoms. The van der Waals surface area contributed by atoms with Crippen molar-refractivity contribution in [1.29, 1.82) is 5.26 Å². The van der Waals surface area contributed by atoms with Gasteiger partial charge in [-0.1, -0.05) is 12.1 Å². The van der Waals surface area contributed by atoms with Crippen LogP contribution in [-0.4, -0.2) is 17.6 Å². The van der Waals surface area contributed by atoms with Gasteiger partial charge in [0.1, 0.15) is 12.3 Å². The molecule has 0 fully saturated rings. The minimum absolute atomic E-state index is 0.0116. The molecule has 2 N–H and O–H groups in total. The van der Waals surface area contributed by atoms with E-state index < -0.39 is 0 Å². The van der Waals surface area contributed by atoms with E-state index in [0.717, 1.165) is 5.56 Å². The Morgan fingerprint density at radius 2 is 2.36 bits per heavy atom. The van der Waals surface area contributed by atoms with Crippen molar-refractivity contribution in [3.63, 3.8) is 0 Å². The molecule has 0 heterocycles. The van der Waals surface area contributed by atoms with Crippen LogP contribution in [0.2, 0.25) is 0 Å². The summed E-state index contributed by atoms with van der Waals surface area (Å²) in [5.41, 5.74) is 0.723. The highest BCUT2D eigenvalue weighted by molar-refractivity contribution is 5.78. The lowest BCUT2D eigenvalue weighted by Crippen LogP contribution is -2.25. The molecule has 0 aliphatic carbocycles. The third-order valence-corrected chi connectivity index (χ3v) is 1.64. The van der Waals surface area contributed by atoms with Crippen molar-refractivity contribution in [3.05, 3.63) is 29.8 Å². The summed E-state index contributed by atoms with van der Waals surface area (Å²) in [7, 11) is 0. The molecule has 1 aromatic carbocycles. The van der Waals surface area contributed by atoms with Crippen molar-refractivity contribution >= 4 is 5.91 Å². The second kappa shape index (κ2) is 4.87. The molecule has 0 atom stereocenters. The zero-order valence-corrected chi connectivity index (χ0v) is 7.53. The number of rotatable bonds is 3. The highest BCUT2D eigenvalue weighted by Crippen LogP contribution is 2.10. The van der Waals surface area contributed by atoms with Crippen LogP contribution in [0.3, 0.4) is 0 Å². The molecule has 0 aliphatic rings. The van der Waals surface area contributed by atoms with Crippen LogP contribution in [0.4, 0.5) is 0 Å².